The van der Waals surface area contributed by atoms with Crippen molar-refractivity contribution in [1.29, 1.82) is 0 Å². The average Bonchev–Trinajstić information content (AvgIpc) is 2.89. The summed E-state index contributed by atoms with van der Waals surface area (Å²) in [5.41, 5.74) is 0.782. The van der Waals surface area contributed by atoms with Crippen LogP contribution in [0.5, 0.6) is 5.75 Å². The van der Waals surface area contributed by atoms with Crippen LogP contribution < -0.4 is 10.1 Å². The number of hydrogen-bond acceptors (Lipinski definition) is 4. The predicted octanol–water partition coefficient (Wildman–Crippen LogP) is 3.49. The van der Waals surface area contributed by atoms with Crippen LogP contribution in [-0.4, -0.2) is 59.3 Å². The average molecular weight is 394 g/mol. The third-order valence-electron chi connectivity index (χ3n) is 4.41. The first-order chi connectivity index (χ1) is 12.7. The van der Waals surface area contributed by atoms with Crippen LogP contribution in [0.1, 0.15) is 45.6 Å². The number of likely N-dealkylation sites (N-methyl/N-ethyl adjacent to an activating group) is 1. The zero-order chi connectivity index (χ0) is 20.2. The van der Waals surface area contributed by atoms with E-state index < -0.39 is 0 Å². The molecule has 0 spiro atoms. The third kappa shape index (κ3) is 5.54. The molecular formula is C20H31N3O3S. The Morgan fingerprint density at radius 1 is 1.30 bits per heavy atom. The van der Waals surface area contributed by atoms with Crippen LogP contribution >= 0.6 is 11.8 Å². The van der Waals surface area contributed by atoms with E-state index in [4.69, 9.17) is 4.74 Å². The lowest BCUT2D eigenvalue weighted by molar-refractivity contribution is -0.129. The van der Waals surface area contributed by atoms with E-state index in [9.17, 15) is 9.59 Å². The summed E-state index contributed by atoms with van der Waals surface area (Å²) in [4.78, 5) is 28.8. The molecule has 1 aromatic carbocycles. The number of urea groups is 1. The lowest BCUT2D eigenvalue weighted by Gasteiger charge is -2.30. The maximum absolute atomic E-state index is 12.7. The Bertz CT molecular complexity index is 657. The molecule has 0 bridgehead atoms. The Labute approximate surface area is 166 Å². The molecule has 1 aliphatic heterocycles. The summed E-state index contributed by atoms with van der Waals surface area (Å²) in [6.45, 7) is 11.4. The number of rotatable bonds is 6. The van der Waals surface area contributed by atoms with Gasteiger partial charge in [-0.2, -0.15) is 0 Å². The van der Waals surface area contributed by atoms with Gasteiger partial charge in [0.1, 0.15) is 11.1 Å². The molecule has 150 valence electrons. The highest BCUT2D eigenvalue weighted by Crippen LogP contribution is 2.42. The molecule has 7 heteroatoms. The molecule has 2 rings (SSSR count). The van der Waals surface area contributed by atoms with Crippen molar-refractivity contribution in [2.24, 2.45) is 0 Å². The van der Waals surface area contributed by atoms with Crippen LogP contribution in [0.4, 0.5) is 4.79 Å². The number of carbonyl (C=O) groups excluding carboxylic acids is 2. The summed E-state index contributed by atoms with van der Waals surface area (Å²) in [6, 6.07) is 7.73. The van der Waals surface area contributed by atoms with Gasteiger partial charge in [0, 0.05) is 25.2 Å². The number of nitrogens with one attached hydrogen (secondary N) is 1. The maximum Gasteiger partial charge on any atom is 0.317 e. The van der Waals surface area contributed by atoms with Gasteiger partial charge in [0.25, 0.3) is 0 Å². The van der Waals surface area contributed by atoms with Gasteiger partial charge in [-0.15, -0.1) is 11.8 Å². The molecule has 0 unspecified atom stereocenters. The van der Waals surface area contributed by atoms with Crippen LogP contribution in [0.3, 0.4) is 0 Å². The van der Waals surface area contributed by atoms with Crippen molar-refractivity contribution in [3.05, 3.63) is 29.8 Å². The number of amides is 3. The molecule has 1 aliphatic rings. The highest BCUT2D eigenvalue weighted by Gasteiger charge is 2.38. The molecule has 0 aliphatic carbocycles. The molecule has 0 radical (unpaired) electrons. The smallest absolute Gasteiger partial charge is 0.317 e. The van der Waals surface area contributed by atoms with E-state index in [0.29, 0.717) is 19.6 Å². The van der Waals surface area contributed by atoms with Crippen LogP contribution in [0, 0.1) is 0 Å². The summed E-state index contributed by atoms with van der Waals surface area (Å²) in [7, 11) is 1.64. The Morgan fingerprint density at radius 3 is 2.44 bits per heavy atom. The normalized spacial score (nSPS) is 19.9. The summed E-state index contributed by atoms with van der Waals surface area (Å²) in [5.74, 6) is 0.914. The van der Waals surface area contributed by atoms with E-state index in [-0.39, 0.29) is 28.1 Å². The lowest BCUT2D eigenvalue weighted by Crippen LogP contribution is -2.50. The summed E-state index contributed by atoms with van der Waals surface area (Å²) < 4.78 is 5.22. The van der Waals surface area contributed by atoms with Gasteiger partial charge in [-0.05, 0) is 52.3 Å². The highest BCUT2D eigenvalue weighted by atomic mass is 32.2. The second-order valence-electron chi connectivity index (χ2n) is 7.70. The standard InChI is InChI=1S/C20H31N3O3S/c1-7-22(19(25)21-20(3,4)5)12-13-23-17(24)14(2)27-18(23)15-8-10-16(26-6)11-9-15/h8-11,14,18H,7,12-13H2,1-6H3,(H,21,25)/t14-,18-/m0/s1. The van der Waals surface area contributed by atoms with Gasteiger partial charge in [-0.1, -0.05) is 12.1 Å². The number of nitrogens with zero attached hydrogens (tertiary/aromatic N) is 2. The Balaban J connectivity index is 2.08. The first-order valence-corrected chi connectivity index (χ1v) is 10.3. The molecule has 1 saturated heterocycles. The number of methoxy groups -OCH3 is 1. The second-order valence-corrected chi connectivity index (χ2v) is 9.12. The Morgan fingerprint density at radius 2 is 1.93 bits per heavy atom. The van der Waals surface area contributed by atoms with E-state index in [0.717, 1.165) is 11.3 Å². The van der Waals surface area contributed by atoms with Gasteiger partial charge >= 0.3 is 6.03 Å². The molecule has 1 heterocycles. The SMILES string of the molecule is CCN(CCN1C(=O)[C@H](C)S[C@H]1c1ccc(OC)cc1)C(=O)NC(C)(C)C. The quantitative estimate of drug-likeness (QED) is 0.804. The second kappa shape index (κ2) is 8.87. The summed E-state index contributed by atoms with van der Waals surface area (Å²) in [5, 5.41) is 2.86. The van der Waals surface area contributed by atoms with Crippen LogP contribution in [0.15, 0.2) is 24.3 Å². The monoisotopic (exact) mass is 393 g/mol. The minimum absolute atomic E-state index is 0.0391. The molecule has 2 atom stereocenters. The van der Waals surface area contributed by atoms with E-state index >= 15 is 0 Å². The van der Waals surface area contributed by atoms with Gasteiger partial charge in [-0.3, -0.25) is 4.79 Å². The first-order valence-electron chi connectivity index (χ1n) is 9.33. The number of carbonyl (C=O) groups is 2. The molecule has 1 fully saturated rings. The molecule has 3 amide bonds. The van der Waals surface area contributed by atoms with Crippen LogP contribution in [0.25, 0.3) is 0 Å². The first kappa shape index (κ1) is 21.4. The van der Waals surface area contributed by atoms with E-state index in [2.05, 4.69) is 5.32 Å². The van der Waals surface area contributed by atoms with Crippen molar-refractivity contribution in [3.63, 3.8) is 0 Å². The largest absolute Gasteiger partial charge is 0.497 e. The molecule has 0 saturated carbocycles. The van der Waals surface area contributed by atoms with E-state index in [1.54, 1.807) is 23.8 Å². The number of ether oxygens (including phenoxy) is 1. The highest BCUT2D eigenvalue weighted by molar-refractivity contribution is 8.01. The topological polar surface area (TPSA) is 61.9 Å². The van der Waals surface area contributed by atoms with Crippen molar-refractivity contribution < 1.29 is 14.3 Å². The van der Waals surface area contributed by atoms with Crippen molar-refractivity contribution in [2.45, 2.75) is 50.8 Å². The van der Waals surface area contributed by atoms with E-state index in [1.807, 2.05) is 63.8 Å². The predicted molar refractivity (Wildman–Crippen MR) is 110 cm³/mol. The van der Waals surface area contributed by atoms with E-state index in [1.165, 1.54) is 0 Å². The van der Waals surface area contributed by atoms with Gasteiger partial charge in [-0.25, -0.2) is 4.79 Å². The van der Waals surface area contributed by atoms with Crippen molar-refractivity contribution in [1.82, 2.24) is 15.1 Å². The van der Waals surface area contributed by atoms with Crippen LogP contribution in [-0.2, 0) is 4.79 Å². The van der Waals surface area contributed by atoms with Crippen LogP contribution in [0.2, 0.25) is 0 Å². The maximum atomic E-state index is 12.7. The van der Waals surface area contributed by atoms with Crippen molar-refractivity contribution >= 4 is 23.7 Å². The molecule has 1 N–H and O–H groups in total. The minimum atomic E-state index is -0.288. The zero-order valence-corrected chi connectivity index (χ0v) is 17.9. The van der Waals surface area contributed by atoms with Crippen molar-refractivity contribution in [2.75, 3.05) is 26.7 Å². The number of benzene rings is 1. The fourth-order valence-electron chi connectivity index (χ4n) is 2.96. The summed E-state index contributed by atoms with van der Waals surface area (Å²) in [6.07, 6.45) is 0. The summed E-state index contributed by atoms with van der Waals surface area (Å²) >= 11 is 1.64. The lowest BCUT2D eigenvalue weighted by atomic mass is 10.1. The number of thioether (sulfide) groups is 1. The van der Waals surface area contributed by atoms with Gasteiger partial charge in [0.2, 0.25) is 5.91 Å². The molecule has 27 heavy (non-hydrogen) atoms. The molecule has 0 aromatic heterocycles. The minimum Gasteiger partial charge on any atom is -0.497 e. The fourth-order valence-corrected chi connectivity index (χ4v) is 4.27. The van der Waals surface area contributed by atoms with Gasteiger partial charge < -0.3 is 19.9 Å². The Hall–Kier alpha value is -1.89. The number of hydrogen-bond donors (Lipinski definition) is 1. The molecule has 6 nitrogen and oxygen atoms in total. The fraction of sp³-hybridized carbons (Fsp3) is 0.600. The zero-order valence-electron chi connectivity index (χ0n) is 17.1. The molecule has 1 aromatic rings. The third-order valence-corrected chi connectivity index (χ3v) is 5.80. The van der Waals surface area contributed by atoms with Gasteiger partial charge in [0.05, 0.1) is 12.4 Å². The Kier molecular flexibility index (Phi) is 7.03. The van der Waals surface area contributed by atoms with Crippen molar-refractivity contribution in [3.8, 4) is 5.75 Å². The molecular weight excluding hydrogens is 362 g/mol. The van der Waals surface area contributed by atoms with Gasteiger partial charge in [0.15, 0.2) is 0 Å².